The van der Waals surface area contributed by atoms with E-state index >= 15 is 0 Å². The number of nitrogen functional groups attached to an aromatic ring is 1. The molecule has 0 spiro atoms. The molecule has 0 bridgehead atoms. The van der Waals surface area contributed by atoms with Crippen LogP contribution in [0.15, 0.2) is 35.5 Å². The van der Waals surface area contributed by atoms with Gasteiger partial charge in [-0.05, 0) is 18.6 Å². The van der Waals surface area contributed by atoms with E-state index in [2.05, 4.69) is 15.2 Å². The van der Waals surface area contributed by atoms with Crippen molar-refractivity contribution in [2.45, 2.75) is 11.6 Å². The van der Waals surface area contributed by atoms with Gasteiger partial charge >= 0.3 is 0 Å². The minimum atomic E-state index is -3.48. The summed E-state index contributed by atoms with van der Waals surface area (Å²) in [4.78, 5) is 3.60. The number of sulfone groups is 1. The molecular weight excluding hydrogens is 268 g/mol. The van der Waals surface area contributed by atoms with Crippen LogP contribution in [0, 0.1) is 0 Å². The summed E-state index contributed by atoms with van der Waals surface area (Å²) in [5.74, 6) is 0.553. The van der Waals surface area contributed by atoms with E-state index in [0.29, 0.717) is 18.8 Å². The molecule has 2 rings (SSSR count). The highest BCUT2D eigenvalue weighted by Gasteiger charge is 2.18. The van der Waals surface area contributed by atoms with E-state index in [0.717, 1.165) is 0 Å². The highest BCUT2D eigenvalue weighted by Crippen LogP contribution is 2.10. The number of para-hydroxylation sites is 1. The maximum atomic E-state index is 11.8. The summed E-state index contributed by atoms with van der Waals surface area (Å²) < 4.78 is 29.0. The molecule has 0 fully saturated rings. The lowest BCUT2D eigenvalue weighted by Crippen LogP contribution is -2.12. The van der Waals surface area contributed by atoms with Gasteiger partial charge in [0.1, 0.15) is 5.75 Å². The summed E-state index contributed by atoms with van der Waals surface area (Å²) in [6.07, 6.45) is 0.359. The predicted molar refractivity (Wildman–Crippen MR) is 69.4 cm³/mol. The normalized spacial score (nSPS) is 11.4. The number of aromatic amines is 1. The van der Waals surface area contributed by atoms with Crippen LogP contribution < -0.4 is 10.5 Å². The van der Waals surface area contributed by atoms with Crippen LogP contribution in [0.4, 0.5) is 5.95 Å². The average molecular weight is 282 g/mol. The number of aromatic nitrogens is 3. The Hall–Kier alpha value is -2.09. The van der Waals surface area contributed by atoms with E-state index in [-0.39, 0.29) is 16.9 Å². The van der Waals surface area contributed by atoms with Crippen molar-refractivity contribution in [2.24, 2.45) is 0 Å². The van der Waals surface area contributed by atoms with Crippen LogP contribution in [0.3, 0.4) is 0 Å². The van der Waals surface area contributed by atoms with E-state index in [1.165, 1.54) is 0 Å². The zero-order valence-electron chi connectivity index (χ0n) is 10.1. The van der Waals surface area contributed by atoms with Crippen LogP contribution in [-0.4, -0.2) is 36.0 Å². The quantitative estimate of drug-likeness (QED) is 0.752. The molecule has 8 heteroatoms. The molecule has 19 heavy (non-hydrogen) atoms. The molecule has 0 aliphatic heterocycles. The van der Waals surface area contributed by atoms with Gasteiger partial charge in [0.25, 0.3) is 0 Å². The van der Waals surface area contributed by atoms with Gasteiger partial charge < -0.3 is 10.5 Å². The molecule has 1 heterocycles. The van der Waals surface area contributed by atoms with Crippen molar-refractivity contribution in [3.05, 3.63) is 30.3 Å². The first kappa shape index (κ1) is 13.3. The second-order valence-electron chi connectivity index (χ2n) is 3.83. The molecule has 0 saturated carbocycles. The molecular formula is C11H14N4O3S. The zero-order valence-corrected chi connectivity index (χ0v) is 10.9. The number of nitrogens with one attached hydrogen (secondary N) is 1. The van der Waals surface area contributed by atoms with E-state index < -0.39 is 9.84 Å². The number of anilines is 1. The molecule has 0 saturated heterocycles. The van der Waals surface area contributed by atoms with E-state index in [4.69, 9.17) is 10.5 Å². The molecule has 0 radical (unpaired) electrons. The molecule has 2 aromatic rings. The Morgan fingerprint density at radius 3 is 2.63 bits per heavy atom. The van der Waals surface area contributed by atoms with Crippen molar-refractivity contribution in [3.8, 4) is 5.75 Å². The summed E-state index contributed by atoms with van der Waals surface area (Å²) in [5.41, 5.74) is 5.26. The van der Waals surface area contributed by atoms with Crippen LogP contribution in [0.1, 0.15) is 6.42 Å². The number of benzene rings is 1. The molecule has 7 nitrogen and oxygen atoms in total. The molecule has 0 aliphatic carbocycles. The van der Waals surface area contributed by atoms with Crippen molar-refractivity contribution < 1.29 is 13.2 Å². The lowest BCUT2D eigenvalue weighted by molar-refractivity contribution is 0.317. The molecule has 0 atom stereocenters. The third-order valence-electron chi connectivity index (χ3n) is 2.35. The van der Waals surface area contributed by atoms with E-state index in [1.54, 1.807) is 0 Å². The fourth-order valence-electron chi connectivity index (χ4n) is 1.45. The van der Waals surface area contributed by atoms with E-state index in [1.807, 2.05) is 30.3 Å². The average Bonchev–Trinajstić information content (AvgIpc) is 2.84. The van der Waals surface area contributed by atoms with Crippen LogP contribution >= 0.6 is 0 Å². The Morgan fingerprint density at radius 1 is 1.26 bits per heavy atom. The van der Waals surface area contributed by atoms with Crippen LogP contribution in [0.25, 0.3) is 0 Å². The standard InChI is InChI=1S/C11H14N4O3S/c12-10-13-11(15-14-10)19(16,17)8-4-7-18-9-5-2-1-3-6-9/h1-3,5-6H,4,7-8H2,(H3,12,13,14,15). The molecule has 102 valence electrons. The van der Waals surface area contributed by atoms with Crippen LogP contribution in [0.2, 0.25) is 0 Å². The monoisotopic (exact) mass is 282 g/mol. The maximum absolute atomic E-state index is 11.8. The Labute approximate surface area is 110 Å². The Bertz CT molecular complexity index is 624. The number of ether oxygens (including phenoxy) is 1. The van der Waals surface area contributed by atoms with Crippen LogP contribution in [-0.2, 0) is 9.84 Å². The van der Waals surface area contributed by atoms with Gasteiger partial charge in [-0.15, -0.1) is 5.10 Å². The first-order valence-electron chi connectivity index (χ1n) is 5.66. The van der Waals surface area contributed by atoms with Gasteiger partial charge in [0.15, 0.2) is 0 Å². The third-order valence-corrected chi connectivity index (χ3v) is 3.94. The zero-order chi connectivity index (χ0) is 13.7. The number of rotatable bonds is 6. The fraction of sp³-hybridized carbons (Fsp3) is 0.273. The highest BCUT2D eigenvalue weighted by molar-refractivity contribution is 7.91. The van der Waals surface area contributed by atoms with Crippen molar-refractivity contribution in [2.75, 3.05) is 18.1 Å². The molecule has 3 N–H and O–H groups in total. The van der Waals surface area contributed by atoms with Gasteiger partial charge in [-0.25, -0.2) is 13.5 Å². The maximum Gasteiger partial charge on any atom is 0.244 e. The topological polar surface area (TPSA) is 111 Å². The Morgan fingerprint density at radius 2 is 2.00 bits per heavy atom. The fourth-order valence-corrected chi connectivity index (χ4v) is 2.56. The van der Waals surface area contributed by atoms with Crippen LogP contribution in [0.5, 0.6) is 5.75 Å². The van der Waals surface area contributed by atoms with Crippen molar-refractivity contribution >= 4 is 15.8 Å². The Balaban J connectivity index is 1.83. The number of hydrogen-bond acceptors (Lipinski definition) is 6. The summed E-state index contributed by atoms with van der Waals surface area (Å²) in [7, 11) is -3.48. The lowest BCUT2D eigenvalue weighted by Gasteiger charge is -2.05. The van der Waals surface area contributed by atoms with Gasteiger partial charge in [0, 0.05) is 0 Å². The smallest absolute Gasteiger partial charge is 0.244 e. The molecule has 0 aliphatic rings. The van der Waals surface area contributed by atoms with Gasteiger partial charge in [-0.2, -0.15) is 4.98 Å². The minimum absolute atomic E-state index is 0.0749. The summed E-state index contributed by atoms with van der Waals surface area (Å²) in [5, 5.41) is 5.58. The molecule has 1 aromatic heterocycles. The van der Waals surface area contributed by atoms with E-state index in [9.17, 15) is 8.42 Å². The summed E-state index contributed by atoms with van der Waals surface area (Å²) in [6.45, 7) is 0.312. The van der Waals surface area contributed by atoms with Gasteiger partial charge in [0.2, 0.25) is 20.9 Å². The number of nitrogens with two attached hydrogens (primary N) is 1. The Kier molecular flexibility index (Phi) is 4.00. The lowest BCUT2D eigenvalue weighted by atomic mass is 10.3. The molecule has 1 aromatic carbocycles. The number of hydrogen-bond donors (Lipinski definition) is 2. The molecule has 0 amide bonds. The van der Waals surface area contributed by atoms with Crippen molar-refractivity contribution in [1.29, 1.82) is 0 Å². The second kappa shape index (κ2) is 5.70. The summed E-state index contributed by atoms with van der Waals surface area (Å²) in [6, 6.07) is 9.20. The van der Waals surface area contributed by atoms with Crippen molar-refractivity contribution in [3.63, 3.8) is 0 Å². The van der Waals surface area contributed by atoms with Gasteiger partial charge in [0.05, 0.1) is 12.4 Å². The third kappa shape index (κ3) is 3.68. The highest BCUT2D eigenvalue weighted by atomic mass is 32.2. The number of nitrogens with zero attached hydrogens (tertiary/aromatic N) is 2. The molecule has 0 unspecified atom stereocenters. The SMILES string of the molecule is Nc1n[nH]c(S(=O)(=O)CCCOc2ccccc2)n1. The predicted octanol–water partition coefficient (Wildman–Crippen LogP) is 0.630. The minimum Gasteiger partial charge on any atom is -0.494 e. The second-order valence-corrected chi connectivity index (χ2v) is 5.86. The first-order valence-corrected chi connectivity index (χ1v) is 7.31. The van der Waals surface area contributed by atoms with Gasteiger partial charge in [-0.1, -0.05) is 18.2 Å². The first-order chi connectivity index (χ1) is 9.08. The largest absolute Gasteiger partial charge is 0.494 e. The van der Waals surface area contributed by atoms with Gasteiger partial charge in [-0.3, -0.25) is 0 Å². The number of H-pyrrole nitrogens is 1. The summed E-state index contributed by atoms with van der Waals surface area (Å²) >= 11 is 0. The van der Waals surface area contributed by atoms with Crippen molar-refractivity contribution in [1.82, 2.24) is 15.2 Å².